The molecule has 0 fully saturated rings. The fraction of sp³-hybridized carbons (Fsp3) is 0.125. The highest BCUT2D eigenvalue weighted by Gasteiger charge is 2.54. The van der Waals surface area contributed by atoms with Crippen LogP contribution < -0.4 is 0 Å². The lowest BCUT2D eigenvalue weighted by atomic mass is 9.93. The normalized spacial score (nSPS) is 12.3. The molecule has 0 aliphatic rings. The van der Waals surface area contributed by atoms with Gasteiger partial charge in [0.05, 0.1) is 0 Å². The molecule has 0 aliphatic carbocycles. The highest BCUT2D eigenvalue weighted by molar-refractivity contribution is 14.1. The van der Waals surface area contributed by atoms with Gasteiger partial charge in [0, 0.05) is 18.6 Å². The lowest BCUT2D eigenvalue weighted by molar-refractivity contribution is -0.185. The molecule has 6 nitrogen and oxygen atoms in total. The first-order valence-electron chi connectivity index (χ1n) is 9.49. The Morgan fingerprint density at radius 3 is 1.82 bits per heavy atom. The number of hydrogen-bond acceptors (Lipinski definition) is 6. The third-order valence-corrected chi connectivity index (χ3v) is 6.09. The van der Waals surface area contributed by atoms with E-state index in [2.05, 4.69) is 38.5 Å². The second-order valence-electron chi connectivity index (χ2n) is 6.78. The monoisotopic (exact) mass is 641 g/mol. The molecule has 1 unspecified atom stereocenters. The summed E-state index contributed by atoms with van der Waals surface area (Å²) >= 11 is 11.3. The van der Waals surface area contributed by atoms with E-state index in [1.807, 2.05) is 0 Å². The molecule has 0 heterocycles. The van der Waals surface area contributed by atoms with Gasteiger partial charge in [-0.05, 0) is 70.1 Å². The van der Waals surface area contributed by atoms with Crippen LogP contribution in [0.5, 0.6) is 0 Å². The third-order valence-electron chi connectivity index (χ3n) is 4.59. The van der Waals surface area contributed by atoms with Gasteiger partial charge in [-0.25, -0.2) is 14.4 Å². The van der Waals surface area contributed by atoms with Gasteiger partial charge in [-0.3, -0.25) is 0 Å². The van der Waals surface area contributed by atoms with Crippen molar-refractivity contribution in [3.05, 3.63) is 103 Å². The highest BCUT2D eigenvalue weighted by Crippen LogP contribution is 2.31. The molecule has 0 aromatic heterocycles. The second-order valence-corrected chi connectivity index (χ2v) is 9.38. The molecule has 0 saturated heterocycles. The fourth-order valence-corrected chi connectivity index (χ4v) is 3.62. The van der Waals surface area contributed by atoms with Crippen molar-refractivity contribution < 1.29 is 28.6 Å². The first kappa shape index (κ1) is 25.2. The number of esters is 2. The number of hydrogen-bond donors (Lipinski definition) is 0. The zero-order chi connectivity index (χ0) is 23.8. The molecule has 0 amide bonds. The number of carbonyl (C=O) groups is 2. The number of ether oxygens (including phenoxy) is 3. The summed E-state index contributed by atoms with van der Waals surface area (Å²) in [6.45, 7) is 0.893. The van der Waals surface area contributed by atoms with Crippen LogP contribution in [0.4, 0.5) is 0 Å². The third kappa shape index (κ3) is 6.33. The minimum Gasteiger partial charge on any atom is -0.457 e. The van der Waals surface area contributed by atoms with Crippen molar-refractivity contribution in [1.29, 1.82) is 0 Å². The largest absolute Gasteiger partial charge is 0.457 e. The SMILES string of the molecule is O=[C]OC(C(=O)OCc1ccc(Cl)cc1)(C(=O)OCc1ccc(Br)cc1)c1ccc(I)cc1. The van der Waals surface area contributed by atoms with Crippen molar-refractivity contribution in [2.45, 2.75) is 18.8 Å². The lowest BCUT2D eigenvalue weighted by Gasteiger charge is -2.27. The molecule has 3 rings (SSSR count). The van der Waals surface area contributed by atoms with E-state index in [1.54, 1.807) is 60.7 Å². The maximum Gasteiger partial charge on any atom is 0.419 e. The molecule has 3 aromatic carbocycles. The summed E-state index contributed by atoms with van der Waals surface area (Å²) in [6.07, 6.45) is 0. The Kier molecular flexibility index (Phi) is 8.87. The van der Waals surface area contributed by atoms with Crippen molar-refractivity contribution in [1.82, 2.24) is 0 Å². The van der Waals surface area contributed by atoms with Gasteiger partial charge in [0.25, 0.3) is 0 Å². The Morgan fingerprint density at radius 1 is 0.848 bits per heavy atom. The van der Waals surface area contributed by atoms with E-state index < -0.39 is 17.5 Å². The molecule has 0 spiro atoms. The molecule has 9 heteroatoms. The van der Waals surface area contributed by atoms with Gasteiger partial charge >= 0.3 is 24.0 Å². The smallest absolute Gasteiger partial charge is 0.419 e. The minimum atomic E-state index is -2.48. The number of rotatable bonds is 9. The molecule has 0 N–H and O–H groups in total. The molecule has 3 aromatic rings. The van der Waals surface area contributed by atoms with Crippen LogP contribution in [-0.2, 0) is 47.4 Å². The van der Waals surface area contributed by atoms with Crippen molar-refractivity contribution in [2.24, 2.45) is 0 Å². The van der Waals surface area contributed by atoms with Crippen molar-refractivity contribution in [3.8, 4) is 0 Å². The Labute approximate surface area is 217 Å². The number of carbonyl (C=O) groups excluding carboxylic acids is 3. The summed E-state index contributed by atoms with van der Waals surface area (Å²) in [5.74, 6) is -2.21. The van der Waals surface area contributed by atoms with Crippen LogP contribution in [0.2, 0.25) is 5.02 Å². The zero-order valence-electron chi connectivity index (χ0n) is 16.9. The van der Waals surface area contributed by atoms with Crippen LogP contribution in [0.15, 0.2) is 77.3 Å². The fourth-order valence-electron chi connectivity index (χ4n) is 2.87. The van der Waals surface area contributed by atoms with Gasteiger partial charge in [0.2, 0.25) is 0 Å². The molecule has 0 bridgehead atoms. The maximum atomic E-state index is 13.2. The second kappa shape index (κ2) is 11.6. The summed E-state index contributed by atoms with van der Waals surface area (Å²) in [5.41, 5.74) is -1.10. The van der Waals surface area contributed by atoms with Gasteiger partial charge in [-0.2, -0.15) is 0 Å². The predicted octanol–water partition coefficient (Wildman–Crippen LogP) is 5.47. The van der Waals surface area contributed by atoms with Crippen LogP contribution in [-0.4, -0.2) is 18.4 Å². The summed E-state index contributed by atoms with van der Waals surface area (Å²) in [6, 6.07) is 20.0. The van der Waals surface area contributed by atoms with Gasteiger partial charge in [-0.15, -0.1) is 0 Å². The van der Waals surface area contributed by atoms with Crippen LogP contribution in [0, 0.1) is 3.57 Å². The first-order chi connectivity index (χ1) is 15.8. The molecule has 33 heavy (non-hydrogen) atoms. The van der Waals surface area contributed by atoms with Crippen LogP contribution >= 0.6 is 50.1 Å². The van der Waals surface area contributed by atoms with Crippen molar-refractivity contribution >= 4 is 68.5 Å². The van der Waals surface area contributed by atoms with Crippen LogP contribution in [0.25, 0.3) is 0 Å². The van der Waals surface area contributed by atoms with Crippen molar-refractivity contribution in [2.75, 3.05) is 0 Å². The first-order valence-corrected chi connectivity index (χ1v) is 11.7. The van der Waals surface area contributed by atoms with Gasteiger partial charge < -0.3 is 14.2 Å². The van der Waals surface area contributed by atoms with E-state index in [4.69, 9.17) is 25.8 Å². The molecule has 0 saturated carbocycles. The Bertz CT molecular complexity index is 1060. The zero-order valence-corrected chi connectivity index (χ0v) is 21.4. The molecule has 0 aliphatic heterocycles. The van der Waals surface area contributed by atoms with Crippen molar-refractivity contribution in [3.63, 3.8) is 0 Å². The van der Waals surface area contributed by atoms with Crippen LogP contribution in [0.3, 0.4) is 0 Å². The topological polar surface area (TPSA) is 78.9 Å². The summed E-state index contributed by atoms with van der Waals surface area (Å²) in [7, 11) is 0. The van der Waals surface area contributed by atoms with E-state index in [-0.39, 0.29) is 18.8 Å². The van der Waals surface area contributed by atoms with Gasteiger partial charge in [-0.1, -0.05) is 63.9 Å². The quantitative estimate of drug-likeness (QED) is 0.133. The molecule has 1 atom stereocenters. The summed E-state index contributed by atoms with van der Waals surface area (Å²) in [4.78, 5) is 37.7. The minimum absolute atomic E-state index is 0.0770. The molecule has 1 radical (unpaired) electrons. The Morgan fingerprint density at radius 2 is 1.33 bits per heavy atom. The van der Waals surface area contributed by atoms with Gasteiger partial charge in [0.15, 0.2) is 0 Å². The molecule has 169 valence electrons. The standard InChI is InChI=1S/C24H16BrClIO6/c25-19-7-1-16(2-8-19)13-31-22(29)24(33-15-28,18-5-11-21(27)12-6-18)23(30)32-14-17-3-9-20(26)10-4-17/h1-12H,13-14H2. The van der Waals surface area contributed by atoms with E-state index in [0.717, 1.165) is 8.04 Å². The summed E-state index contributed by atoms with van der Waals surface area (Å²) in [5, 5.41) is 0.522. The Balaban J connectivity index is 1.90. The predicted molar refractivity (Wildman–Crippen MR) is 133 cm³/mol. The van der Waals surface area contributed by atoms with E-state index in [1.165, 1.54) is 18.6 Å². The number of halogens is 3. The maximum absolute atomic E-state index is 13.2. The van der Waals surface area contributed by atoms with E-state index >= 15 is 0 Å². The lowest BCUT2D eigenvalue weighted by Crippen LogP contribution is -2.48. The Hall–Kier alpha value is -2.43. The average Bonchev–Trinajstić information content (AvgIpc) is 2.82. The van der Waals surface area contributed by atoms with E-state index in [0.29, 0.717) is 16.1 Å². The van der Waals surface area contributed by atoms with Gasteiger partial charge in [0.1, 0.15) is 13.2 Å². The van der Waals surface area contributed by atoms with Crippen LogP contribution in [0.1, 0.15) is 16.7 Å². The highest BCUT2D eigenvalue weighted by atomic mass is 127. The summed E-state index contributed by atoms with van der Waals surface area (Å²) < 4.78 is 17.5. The molecular formula is C24H16BrClIO6. The molecular weight excluding hydrogens is 627 g/mol. The average molecular weight is 643 g/mol. The number of benzene rings is 3. The van der Waals surface area contributed by atoms with E-state index in [9.17, 15) is 14.4 Å².